The van der Waals surface area contributed by atoms with Crippen molar-refractivity contribution >= 4 is 16.0 Å². The summed E-state index contributed by atoms with van der Waals surface area (Å²) in [7, 11) is 2.74. The summed E-state index contributed by atoms with van der Waals surface area (Å²) >= 11 is 0. The van der Waals surface area contributed by atoms with E-state index in [2.05, 4.69) is 23.6 Å². The zero-order valence-electron chi connectivity index (χ0n) is 6.26. The summed E-state index contributed by atoms with van der Waals surface area (Å²) in [5, 5.41) is 2.33. The van der Waals surface area contributed by atoms with Crippen LogP contribution in [0.3, 0.4) is 0 Å². The Balaban J connectivity index is 2.49. The summed E-state index contributed by atoms with van der Waals surface area (Å²) in [5.41, 5.74) is 0. The second-order valence-corrected chi connectivity index (χ2v) is 4.70. The van der Waals surface area contributed by atoms with Crippen LogP contribution in [0.4, 0.5) is 0 Å². The predicted molar refractivity (Wildman–Crippen MR) is 46.1 cm³/mol. The highest BCUT2D eigenvalue weighted by atomic mass is 32.2. The molecule has 54 valence electrons. The fraction of sp³-hybridized carbons (Fsp3) is 0.857. The molecule has 0 saturated carbocycles. The van der Waals surface area contributed by atoms with Crippen molar-refractivity contribution in [1.82, 2.24) is 4.31 Å². The average Bonchev–Trinajstić information content (AvgIpc) is 1.89. The van der Waals surface area contributed by atoms with E-state index in [0.717, 1.165) is 0 Å². The van der Waals surface area contributed by atoms with E-state index in [1.165, 1.54) is 25.1 Å². The van der Waals surface area contributed by atoms with Crippen LogP contribution in [0.5, 0.6) is 0 Å². The molecule has 9 heavy (non-hydrogen) atoms. The normalized spacial score (nSPS) is 31.1. The van der Waals surface area contributed by atoms with Gasteiger partial charge in [-0.15, -0.1) is 10.7 Å². The summed E-state index contributed by atoms with van der Waals surface area (Å²) in [4.78, 5) is 0. The summed E-state index contributed by atoms with van der Waals surface area (Å²) in [5.74, 6) is 1.40. The Labute approximate surface area is 60.1 Å². The number of nitrogens with zero attached hydrogens (tertiary/aromatic N) is 1. The van der Waals surface area contributed by atoms with E-state index in [4.69, 9.17) is 0 Å². The molecule has 1 rings (SSSR count). The molecule has 0 bridgehead atoms. The van der Waals surface area contributed by atoms with Crippen LogP contribution in [0.2, 0.25) is 0 Å². The van der Waals surface area contributed by atoms with Gasteiger partial charge in [-0.2, -0.15) is 0 Å². The van der Waals surface area contributed by atoms with Crippen molar-refractivity contribution < 1.29 is 0 Å². The van der Waals surface area contributed by atoms with Crippen LogP contribution in [0, 0.1) is 0 Å². The Kier molecular flexibility index (Phi) is 2.73. The largest absolute Gasteiger partial charge is 0.259 e. The molecule has 0 radical (unpaired) electrons. The predicted octanol–water partition coefficient (Wildman–Crippen LogP) is 1.72. The van der Waals surface area contributed by atoms with Crippen LogP contribution in [0.15, 0.2) is 0 Å². The van der Waals surface area contributed by atoms with Crippen molar-refractivity contribution in [3.05, 3.63) is 0 Å². The van der Waals surface area contributed by atoms with Crippen molar-refractivity contribution in [2.24, 2.45) is 0 Å². The van der Waals surface area contributed by atoms with Crippen molar-refractivity contribution in [2.45, 2.75) is 19.8 Å². The zero-order chi connectivity index (χ0) is 6.69. The zero-order valence-corrected chi connectivity index (χ0v) is 7.08. The van der Waals surface area contributed by atoms with Gasteiger partial charge in [0.15, 0.2) is 0 Å². The van der Waals surface area contributed by atoms with Crippen molar-refractivity contribution in [3.63, 3.8) is 0 Å². The highest BCUT2D eigenvalue weighted by Gasteiger charge is 2.07. The minimum absolute atomic E-state index is 0.512. The van der Waals surface area contributed by atoms with Crippen LogP contribution in [-0.4, -0.2) is 29.0 Å². The lowest BCUT2D eigenvalue weighted by Crippen LogP contribution is -2.19. The third-order valence-electron chi connectivity index (χ3n) is 1.75. The maximum absolute atomic E-state index is 2.46. The SMILES string of the molecule is C/C=S1/CCCCN1C. The van der Waals surface area contributed by atoms with E-state index in [9.17, 15) is 0 Å². The van der Waals surface area contributed by atoms with Gasteiger partial charge in [0.2, 0.25) is 0 Å². The van der Waals surface area contributed by atoms with Crippen molar-refractivity contribution in [1.29, 1.82) is 0 Å². The second-order valence-electron chi connectivity index (χ2n) is 2.40. The molecule has 0 amide bonds. The summed E-state index contributed by atoms with van der Waals surface area (Å²) in [6.07, 6.45) is 2.83. The molecule has 1 aliphatic rings. The van der Waals surface area contributed by atoms with E-state index in [0.29, 0.717) is 10.7 Å². The lowest BCUT2D eigenvalue weighted by atomic mass is 10.3. The number of hydrogen-bond donors (Lipinski definition) is 0. The Morgan fingerprint density at radius 2 is 2.22 bits per heavy atom. The third kappa shape index (κ3) is 1.80. The fourth-order valence-electron chi connectivity index (χ4n) is 1.16. The first kappa shape index (κ1) is 7.29. The van der Waals surface area contributed by atoms with Crippen molar-refractivity contribution in [3.8, 4) is 0 Å². The molecule has 0 aromatic rings. The maximum atomic E-state index is 2.46. The van der Waals surface area contributed by atoms with Crippen LogP contribution in [0.1, 0.15) is 19.8 Å². The molecule has 0 aliphatic carbocycles. The lowest BCUT2D eigenvalue weighted by molar-refractivity contribution is 0.515. The summed E-state index contributed by atoms with van der Waals surface area (Å²) in [6.45, 7) is 3.47. The number of hydrogen-bond acceptors (Lipinski definition) is 1. The second kappa shape index (κ2) is 3.37. The molecule has 0 aromatic carbocycles. The molecule has 1 unspecified atom stereocenters. The Bertz CT molecular complexity index is 120. The molecule has 0 aromatic heterocycles. The molecule has 1 aliphatic heterocycles. The first-order valence-corrected chi connectivity index (χ1v) is 4.96. The van der Waals surface area contributed by atoms with E-state index in [1.54, 1.807) is 0 Å². The van der Waals surface area contributed by atoms with E-state index < -0.39 is 0 Å². The minimum atomic E-state index is 0.512. The maximum Gasteiger partial charge on any atom is 0.00817 e. The van der Waals surface area contributed by atoms with Gasteiger partial charge < -0.3 is 0 Å². The summed E-state index contributed by atoms with van der Waals surface area (Å²) < 4.78 is 2.46. The Hall–Kier alpha value is 0.180. The molecule has 1 fully saturated rings. The molecule has 1 nitrogen and oxygen atoms in total. The molecule has 0 spiro atoms. The van der Waals surface area contributed by atoms with E-state index >= 15 is 0 Å². The molecular weight excluding hydrogens is 130 g/mol. The quantitative estimate of drug-likeness (QED) is 0.469. The first-order chi connectivity index (χ1) is 4.34. The van der Waals surface area contributed by atoms with Gasteiger partial charge in [0.1, 0.15) is 0 Å². The van der Waals surface area contributed by atoms with Gasteiger partial charge in [0.05, 0.1) is 0 Å². The van der Waals surface area contributed by atoms with Crippen LogP contribution in [-0.2, 0) is 0 Å². The minimum Gasteiger partial charge on any atom is -0.259 e. The van der Waals surface area contributed by atoms with Crippen molar-refractivity contribution in [2.75, 3.05) is 19.3 Å². The van der Waals surface area contributed by atoms with Crippen LogP contribution in [0.25, 0.3) is 0 Å². The average molecular weight is 145 g/mol. The van der Waals surface area contributed by atoms with Gasteiger partial charge in [0, 0.05) is 12.3 Å². The Morgan fingerprint density at radius 1 is 1.44 bits per heavy atom. The molecule has 0 N–H and O–H groups in total. The monoisotopic (exact) mass is 145 g/mol. The molecule has 1 heterocycles. The van der Waals surface area contributed by atoms with Gasteiger partial charge in [-0.05, 0) is 26.8 Å². The molecule has 1 saturated heterocycles. The highest BCUT2D eigenvalue weighted by Crippen LogP contribution is 2.23. The van der Waals surface area contributed by atoms with Gasteiger partial charge >= 0.3 is 0 Å². The third-order valence-corrected chi connectivity index (χ3v) is 3.98. The lowest BCUT2D eigenvalue weighted by Gasteiger charge is -2.26. The van der Waals surface area contributed by atoms with Gasteiger partial charge in [-0.25, -0.2) is 0 Å². The smallest absolute Gasteiger partial charge is 0.00817 e. The van der Waals surface area contributed by atoms with Gasteiger partial charge in [-0.1, -0.05) is 5.37 Å². The molecule has 1 atom stereocenters. The first-order valence-electron chi connectivity index (χ1n) is 3.55. The van der Waals surface area contributed by atoms with Gasteiger partial charge in [0.25, 0.3) is 0 Å². The standard InChI is InChI=1S/C7H15NS/c1-3-9-7-5-4-6-8(9)2/h3H,4-7H2,1-2H3. The molecular formula is C7H15NS. The topological polar surface area (TPSA) is 3.24 Å². The highest BCUT2D eigenvalue weighted by molar-refractivity contribution is 8.12. The van der Waals surface area contributed by atoms with Crippen LogP contribution < -0.4 is 0 Å². The molecule has 2 heteroatoms. The summed E-state index contributed by atoms with van der Waals surface area (Å²) in [6, 6.07) is 0. The fourth-order valence-corrected chi connectivity index (χ4v) is 2.93. The Morgan fingerprint density at radius 3 is 2.67 bits per heavy atom. The van der Waals surface area contributed by atoms with Crippen LogP contribution >= 0.6 is 10.7 Å². The number of rotatable bonds is 0. The van der Waals surface area contributed by atoms with E-state index in [-0.39, 0.29) is 0 Å². The van der Waals surface area contributed by atoms with Gasteiger partial charge in [-0.3, -0.25) is 4.31 Å². The van der Waals surface area contributed by atoms with E-state index in [1.807, 2.05) is 0 Å².